The van der Waals surface area contributed by atoms with Gasteiger partial charge in [0, 0.05) is 32.4 Å². The van der Waals surface area contributed by atoms with Gasteiger partial charge in [-0.3, -0.25) is 9.59 Å². The van der Waals surface area contributed by atoms with Gasteiger partial charge in [-0.1, -0.05) is 30.3 Å². The molecular formula is C19H26N2O4. The molecule has 1 aromatic rings. The highest BCUT2D eigenvalue weighted by atomic mass is 16.7. The summed E-state index contributed by atoms with van der Waals surface area (Å²) >= 11 is 0. The number of ether oxygens (including phenoxy) is 2. The van der Waals surface area contributed by atoms with Crippen LogP contribution in [0.3, 0.4) is 0 Å². The first-order valence-corrected chi connectivity index (χ1v) is 8.93. The second-order valence-electron chi connectivity index (χ2n) is 6.79. The number of carbonyl (C=O) groups excluding carboxylic acids is 2. The van der Waals surface area contributed by atoms with Gasteiger partial charge >= 0.3 is 0 Å². The van der Waals surface area contributed by atoms with E-state index in [1.165, 1.54) is 6.92 Å². The number of nitrogens with zero attached hydrogens (tertiary/aromatic N) is 1. The van der Waals surface area contributed by atoms with E-state index in [2.05, 4.69) is 5.32 Å². The Labute approximate surface area is 148 Å². The van der Waals surface area contributed by atoms with Crippen LogP contribution in [0.25, 0.3) is 0 Å². The zero-order valence-corrected chi connectivity index (χ0v) is 14.7. The Bertz CT molecular complexity index is 599. The predicted molar refractivity (Wildman–Crippen MR) is 92.8 cm³/mol. The molecule has 0 bridgehead atoms. The van der Waals surface area contributed by atoms with Gasteiger partial charge in [-0.25, -0.2) is 0 Å². The summed E-state index contributed by atoms with van der Waals surface area (Å²) in [7, 11) is 0. The van der Waals surface area contributed by atoms with E-state index in [1.54, 1.807) is 4.90 Å². The molecule has 1 atom stereocenters. The predicted octanol–water partition coefficient (Wildman–Crippen LogP) is 1.49. The van der Waals surface area contributed by atoms with Crippen molar-refractivity contribution in [2.45, 2.75) is 44.4 Å². The summed E-state index contributed by atoms with van der Waals surface area (Å²) in [6, 6.07) is 10.0. The van der Waals surface area contributed by atoms with Gasteiger partial charge in [-0.05, 0) is 18.4 Å². The first-order valence-electron chi connectivity index (χ1n) is 8.93. The molecule has 3 rings (SSSR count). The standard InChI is InChI=1S/C19H26N2O4/c1-15(22)21(10-8-16-5-3-2-4-6-16)14-18(23)20-17-7-9-19(13-17)24-11-12-25-19/h2-6,17H,7-14H2,1H3,(H,20,23)/t17-/m1/s1. The van der Waals surface area contributed by atoms with Crippen LogP contribution in [0.2, 0.25) is 0 Å². The molecular weight excluding hydrogens is 320 g/mol. The maximum atomic E-state index is 12.3. The third-order valence-electron chi connectivity index (χ3n) is 4.90. The fourth-order valence-corrected chi connectivity index (χ4v) is 3.56. The summed E-state index contributed by atoms with van der Waals surface area (Å²) in [5.74, 6) is -0.703. The van der Waals surface area contributed by atoms with Crippen LogP contribution in [-0.4, -0.2) is 54.8 Å². The zero-order valence-electron chi connectivity index (χ0n) is 14.7. The molecule has 0 aromatic heterocycles. The Balaban J connectivity index is 1.47. The Morgan fingerprint density at radius 2 is 1.96 bits per heavy atom. The molecule has 1 spiro atoms. The molecule has 6 heteroatoms. The largest absolute Gasteiger partial charge is 0.352 e. The third-order valence-corrected chi connectivity index (χ3v) is 4.90. The monoisotopic (exact) mass is 346 g/mol. The van der Waals surface area contributed by atoms with Crippen LogP contribution < -0.4 is 5.32 Å². The summed E-state index contributed by atoms with van der Waals surface area (Å²) in [5.41, 5.74) is 1.16. The van der Waals surface area contributed by atoms with E-state index in [9.17, 15) is 9.59 Å². The Morgan fingerprint density at radius 1 is 1.24 bits per heavy atom. The first kappa shape index (κ1) is 17.9. The van der Waals surface area contributed by atoms with Crippen LogP contribution in [0.15, 0.2) is 30.3 Å². The summed E-state index contributed by atoms with van der Waals surface area (Å²) in [6.45, 7) is 3.38. The van der Waals surface area contributed by atoms with Crippen molar-refractivity contribution in [3.63, 3.8) is 0 Å². The fourth-order valence-electron chi connectivity index (χ4n) is 3.56. The first-order chi connectivity index (χ1) is 12.1. The molecule has 2 amide bonds. The maximum absolute atomic E-state index is 12.3. The Morgan fingerprint density at radius 3 is 2.64 bits per heavy atom. The SMILES string of the molecule is CC(=O)N(CCc1ccccc1)CC(=O)N[C@@H]1CCC2(C1)OCCO2. The fraction of sp³-hybridized carbons (Fsp3) is 0.579. The van der Waals surface area contributed by atoms with Crippen molar-refractivity contribution in [1.82, 2.24) is 10.2 Å². The molecule has 2 aliphatic rings. The topological polar surface area (TPSA) is 67.9 Å². The molecule has 0 radical (unpaired) electrons. The van der Waals surface area contributed by atoms with Crippen molar-refractivity contribution in [1.29, 1.82) is 0 Å². The van der Waals surface area contributed by atoms with Crippen LogP contribution in [0.5, 0.6) is 0 Å². The highest BCUT2D eigenvalue weighted by molar-refractivity contribution is 5.84. The molecule has 136 valence electrons. The van der Waals surface area contributed by atoms with Crippen molar-refractivity contribution in [2.24, 2.45) is 0 Å². The number of carbonyl (C=O) groups is 2. The van der Waals surface area contributed by atoms with Crippen molar-refractivity contribution < 1.29 is 19.1 Å². The van der Waals surface area contributed by atoms with Crippen molar-refractivity contribution >= 4 is 11.8 Å². The molecule has 1 aromatic carbocycles. The van der Waals surface area contributed by atoms with Gasteiger partial charge in [0.2, 0.25) is 11.8 Å². The van der Waals surface area contributed by atoms with E-state index in [0.717, 1.165) is 24.8 Å². The van der Waals surface area contributed by atoms with Crippen LogP contribution in [-0.2, 0) is 25.5 Å². The Hall–Kier alpha value is -1.92. The van der Waals surface area contributed by atoms with Gasteiger partial charge in [0.25, 0.3) is 0 Å². The molecule has 25 heavy (non-hydrogen) atoms. The lowest BCUT2D eigenvalue weighted by atomic mass is 10.1. The lowest BCUT2D eigenvalue weighted by Gasteiger charge is -2.23. The molecule has 1 heterocycles. The molecule has 1 N–H and O–H groups in total. The van der Waals surface area contributed by atoms with Crippen LogP contribution in [0.4, 0.5) is 0 Å². The van der Waals surface area contributed by atoms with E-state index in [1.807, 2.05) is 30.3 Å². The van der Waals surface area contributed by atoms with E-state index in [0.29, 0.717) is 26.2 Å². The zero-order chi connectivity index (χ0) is 17.7. The quantitative estimate of drug-likeness (QED) is 0.847. The normalized spacial score (nSPS) is 21.4. The van der Waals surface area contributed by atoms with Crippen molar-refractivity contribution in [3.8, 4) is 0 Å². The molecule has 1 aliphatic heterocycles. The van der Waals surface area contributed by atoms with Gasteiger partial charge in [-0.15, -0.1) is 0 Å². The third kappa shape index (κ3) is 4.80. The van der Waals surface area contributed by atoms with Gasteiger partial charge in [0.15, 0.2) is 5.79 Å². The van der Waals surface area contributed by atoms with E-state index < -0.39 is 5.79 Å². The summed E-state index contributed by atoms with van der Waals surface area (Å²) in [4.78, 5) is 25.8. The molecule has 6 nitrogen and oxygen atoms in total. The highest BCUT2D eigenvalue weighted by Crippen LogP contribution is 2.37. The number of hydrogen-bond donors (Lipinski definition) is 1. The minimum absolute atomic E-state index is 0.0496. The van der Waals surface area contributed by atoms with E-state index >= 15 is 0 Å². The summed E-state index contributed by atoms with van der Waals surface area (Å²) in [6.07, 6.45) is 3.07. The van der Waals surface area contributed by atoms with E-state index in [4.69, 9.17) is 9.47 Å². The van der Waals surface area contributed by atoms with Crippen molar-refractivity contribution in [2.75, 3.05) is 26.3 Å². The number of benzene rings is 1. The number of amides is 2. The minimum Gasteiger partial charge on any atom is -0.352 e. The minimum atomic E-state index is -0.495. The molecule has 0 unspecified atom stereocenters. The summed E-state index contributed by atoms with van der Waals surface area (Å²) in [5, 5.41) is 3.02. The maximum Gasteiger partial charge on any atom is 0.239 e. The lowest BCUT2D eigenvalue weighted by molar-refractivity contribution is -0.151. The van der Waals surface area contributed by atoms with Crippen LogP contribution in [0, 0.1) is 0 Å². The Kier molecular flexibility index (Phi) is 5.71. The lowest BCUT2D eigenvalue weighted by Crippen LogP contribution is -2.44. The molecule has 2 fully saturated rings. The summed E-state index contributed by atoms with van der Waals surface area (Å²) < 4.78 is 11.4. The van der Waals surface area contributed by atoms with Gasteiger partial charge in [0.1, 0.15) is 0 Å². The molecule has 1 saturated heterocycles. The highest BCUT2D eigenvalue weighted by Gasteiger charge is 2.44. The number of rotatable bonds is 6. The smallest absolute Gasteiger partial charge is 0.239 e. The van der Waals surface area contributed by atoms with Crippen LogP contribution in [0.1, 0.15) is 31.7 Å². The molecule has 1 aliphatic carbocycles. The van der Waals surface area contributed by atoms with Crippen molar-refractivity contribution in [3.05, 3.63) is 35.9 Å². The van der Waals surface area contributed by atoms with E-state index in [-0.39, 0.29) is 24.4 Å². The second-order valence-corrected chi connectivity index (χ2v) is 6.79. The number of hydrogen-bond acceptors (Lipinski definition) is 4. The average Bonchev–Trinajstić information content (AvgIpc) is 3.22. The van der Waals surface area contributed by atoms with Crippen LogP contribution >= 0.6 is 0 Å². The van der Waals surface area contributed by atoms with Gasteiger partial charge < -0.3 is 19.7 Å². The second kappa shape index (κ2) is 7.97. The molecule has 1 saturated carbocycles. The van der Waals surface area contributed by atoms with Gasteiger partial charge in [0.05, 0.1) is 19.8 Å². The van der Waals surface area contributed by atoms with Gasteiger partial charge in [-0.2, -0.15) is 0 Å². The average molecular weight is 346 g/mol. The number of nitrogens with one attached hydrogen (secondary N) is 1.